The van der Waals surface area contributed by atoms with E-state index in [1.807, 2.05) is 0 Å². The minimum atomic E-state index is 0. The highest BCUT2D eigenvalue weighted by atomic mass is 35.5. The van der Waals surface area contributed by atoms with Crippen LogP contribution in [0.4, 0.5) is 0 Å². The Balaban J connectivity index is 0. The third-order valence-corrected chi connectivity index (χ3v) is 7.00. The Labute approximate surface area is 215 Å². The van der Waals surface area contributed by atoms with Crippen molar-refractivity contribution in [2.45, 2.75) is 156 Å². The van der Waals surface area contributed by atoms with E-state index in [0.29, 0.717) is 5.91 Å². The van der Waals surface area contributed by atoms with Crippen LogP contribution in [0.25, 0.3) is 0 Å². The molecule has 0 aliphatic rings. The van der Waals surface area contributed by atoms with Crippen LogP contribution in [0.3, 0.4) is 0 Å². The third kappa shape index (κ3) is 19.6. The zero-order chi connectivity index (χ0) is 23.8. The fourth-order valence-corrected chi connectivity index (χ4v) is 4.68. The lowest BCUT2D eigenvalue weighted by atomic mass is 10.1. The van der Waals surface area contributed by atoms with Crippen LogP contribution in [-0.4, -0.2) is 30.0 Å². The van der Waals surface area contributed by atoms with Crippen molar-refractivity contribution in [3.05, 3.63) is 12.2 Å². The Morgan fingerprint density at radius 3 is 1.30 bits per heavy atom. The lowest BCUT2D eigenvalue weighted by Gasteiger charge is -2.36. The van der Waals surface area contributed by atoms with Crippen LogP contribution < -0.4 is 12.4 Å². The van der Waals surface area contributed by atoms with Crippen molar-refractivity contribution >= 4 is 5.91 Å². The van der Waals surface area contributed by atoms with E-state index >= 15 is 0 Å². The molecule has 0 aromatic carbocycles. The lowest BCUT2D eigenvalue weighted by molar-refractivity contribution is -0.855. The molecule has 0 aromatic heterocycles. The number of hydrogen-bond donors (Lipinski definition) is 0. The second-order valence-electron chi connectivity index (χ2n) is 10.1. The first kappa shape index (κ1) is 34.8. The molecule has 0 saturated carbocycles. The van der Waals surface area contributed by atoms with Crippen LogP contribution >= 0.6 is 0 Å². The number of hydrogen-bond acceptors (Lipinski definition) is 1. The second kappa shape index (κ2) is 26.3. The average Bonchev–Trinajstić information content (AvgIpc) is 2.81. The van der Waals surface area contributed by atoms with Crippen LogP contribution in [0.2, 0.25) is 0 Å². The summed E-state index contributed by atoms with van der Waals surface area (Å²) in [6, 6.07) is 0. The predicted octanol–water partition coefficient (Wildman–Crippen LogP) is 6.77. The summed E-state index contributed by atoms with van der Waals surface area (Å²) in [6.07, 6.45) is 29.8. The zero-order valence-electron chi connectivity index (χ0n) is 23.2. The van der Waals surface area contributed by atoms with E-state index in [2.05, 4.69) is 39.8 Å². The molecule has 0 aromatic rings. The number of amides is 1. The molecule has 0 aliphatic heterocycles. The van der Waals surface area contributed by atoms with Gasteiger partial charge in [0.1, 0.15) is 0 Å². The molecular formula is C30H60ClNO. The predicted molar refractivity (Wildman–Crippen MR) is 144 cm³/mol. The Bertz CT molecular complexity index is 413. The molecule has 0 saturated heterocycles. The maximum absolute atomic E-state index is 13.3. The topological polar surface area (TPSA) is 17.1 Å². The largest absolute Gasteiger partial charge is 1.00 e. The fraction of sp³-hybridized carbons (Fsp3) is 0.900. The van der Waals surface area contributed by atoms with Crippen molar-refractivity contribution in [1.82, 2.24) is 0 Å². The first-order chi connectivity index (χ1) is 15.7. The number of carbonyl (C=O) groups excluding carboxylic acids is 1. The van der Waals surface area contributed by atoms with Crippen LogP contribution in [0.1, 0.15) is 156 Å². The van der Waals surface area contributed by atoms with Crippen LogP contribution in [0.5, 0.6) is 0 Å². The number of allylic oxidation sites excluding steroid dienone is 2. The number of rotatable bonds is 24. The first-order valence-electron chi connectivity index (χ1n) is 14.7. The van der Waals surface area contributed by atoms with Gasteiger partial charge in [-0.25, -0.2) is 4.79 Å². The van der Waals surface area contributed by atoms with Crippen molar-refractivity contribution in [2.75, 3.05) is 19.6 Å². The van der Waals surface area contributed by atoms with E-state index in [4.69, 9.17) is 0 Å². The van der Waals surface area contributed by atoms with E-state index < -0.39 is 0 Å². The minimum absolute atomic E-state index is 0. The summed E-state index contributed by atoms with van der Waals surface area (Å²) < 4.78 is 0.777. The van der Waals surface area contributed by atoms with Gasteiger partial charge in [-0.1, -0.05) is 110 Å². The molecule has 198 valence electrons. The van der Waals surface area contributed by atoms with Gasteiger partial charge < -0.3 is 12.4 Å². The van der Waals surface area contributed by atoms with Gasteiger partial charge in [0.2, 0.25) is 0 Å². The molecule has 33 heavy (non-hydrogen) atoms. The van der Waals surface area contributed by atoms with Gasteiger partial charge in [0.15, 0.2) is 0 Å². The quantitative estimate of drug-likeness (QED) is 0.0836. The van der Waals surface area contributed by atoms with Gasteiger partial charge in [-0.2, -0.15) is 0 Å². The molecular weight excluding hydrogens is 426 g/mol. The fourth-order valence-electron chi connectivity index (χ4n) is 4.68. The summed E-state index contributed by atoms with van der Waals surface area (Å²) in [5, 5.41) is 0. The van der Waals surface area contributed by atoms with Crippen molar-refractivity contribution < 1.29 is 21.7 Å². The maximum atomic E-state index is 13.3. The monoisotopic (exact) mass is 485 g/mol. The highest BCUT2D eigenvalue weighted by Gasteiger charge is 2.33. The van der Waals surface area contributed by atoms with Gasteiger partial charge in [0, 0.05) is 0 Å². The highest BCUT2D eigenvalue weighted by Crippen LogP contribution is 2.19. The van der Waals surface area contributed by atoms with Crippen molar-refractivity contribution in [3.63, 3.8) is 0 Å². The molecule has 0 fully saturated rings. The summed E-state index contributed by atoms with van der Waals surface area (Å²) in [6.45, 7) is 12.2. The lowest BCUT2D eigenvalue weighted by Crippen LogP contribution is -3.00. The Hall–Kier alpha value is -0.340. The number of unbranched alkanes of at least 4 members (excludes halogenated alkanes) is 14. The van der Waals surface area contributed by atoms with E-state index in [1.165, 1.54) is 116 Å². The maximum Gasteiger partial charge on any atom is 0.313 e. The van der Waals surface area contributed by atoms with Gasteiger partial charge in [0.05, 0.1) is 26.1 Å². The normalized spacial score (nSPS) is 11.8. The number of nitrogens with zero attached hydrogens (tertiary/aromatic N) is 1. The molecule has 0 aliphatic carbocycles. The SMILES string of the molecule is CCCCCCCCC=CCCCCCCCC(=O)[N+](CCCC)(CCCC)CCCC.[Cl-]. The van der Waals surface area contributed by atoms with E-state index in [-0.39, 0.29) is 12.4 Å². The van der Waals surface area contributed by atoms with Crippen molar-refractivity contribution in [3.8, 4) is 0 Å². The second-order valence-corrected chi connectivity index (χ2v) is 10.1. The Kier molecular flexibility index (Phi) is 27.7. The highest BCUT2D eigenvalue weighted by molar-refractivity contribution is 5.69. The van der Waals surface area contributed by atoms with Crippen LogP contribution in [0, 0.1) is 0 Å². The molecule has 2 nitrogen and oxygen atoms in total. The van der Waals surface area contributed by atoms with E-state index in [0.717, 1.165) is 37.0 Å². The minimum Gasteiger partial charge on any atom is -1.00 e. The summed E-state index contributed by atoms with van der Waals surface area (Å²) in [4.78, 5) is 13.3. The smallest absolute Gasteiger partial charge is 0.313 e. The molecule has 1 amide bonds. The number of carbonyl (C=O) groups is 1. The summed E-state index contributed by atoms with van der Waals surface area (Å²) in [7, 11) is 0. The van der Waals surface area contributed by atoms with Gasteiger partial charge >= 0.3 is 5.91 Å². The van der Waals surface area contributed by atoms with Crippen molar-refractivity contribution in [2.24, 2.45) is 0 Å². The van der Waals surface area contributed by atoms with Gasteiger partial charge in [-0.3, -0.25) is 4.48 Å². The first-order valence-corrected chi connectivity index (χ1v) is 14.7. The molecule has 0 radical (unpaired) electrons. The standard InChI is InChI=1S/C30H60NO.ClH/c1-5-9-13-14-15-16-17-18-19-20-21-22-23-24-25-26-30(32)31(27-10-6-2,28-11-7-3)29-12-8-4;/h18-19H,5-17,20-29H2,1-4H3;1H/q+1;/p-1. The molecule has 0 N–H and O–H groups in total. The number of quaternary nitrogens is 1. The van der Waals surface area contributed by atoms with Crippen LogP contribution in [0.15, 0.2) is 12.2 Å². The zero-order valence-corrected chi connectivity index (χ0v) is 23.9. The van der Waals surface area contributed by atoms with Gasteiger partial charge in [0.25, 0.3) is 0 Å². The van der Waals surface area contributed by atoms with Gasteiger partial charge in [-0.05, 0) is 51.4 Å². The van der Waals surface area contributed by atoms with Crippen LogP contribution in [-0.2, 0) is 4.79 Å². The average molecular weight is 486 g/mol. The Morgan fingerprint density at radius 1 is 0.515 bits per heavy atom. The number of halogens is 1. The molecule has 0 heterocycles. The third-order valence-electron chi connectivity index (χ3n) is 7.00. The molecule has 0 unspecified atom stereocenters. The molecule has 0 rings (SSSR count). The molecule has 0 bridgehead atoms. The Morgan fingerprint density at radius 2 is 0.879 bits per heavy atom. The van der Waals surface area contributed by atoms with Crippen molar-refractivity contribution in [1.29, 1.82) is 0 Å². The van der Waals surface area contributed by atoms with E-state index in [1.54, 1.807) is 0 Å². The molecule has 3 heteroatoms. The summed E-state index contributed by atoms with van der Waals surface area (Å²) >= 11 is 0. The summed E-state index contributed by atoms with van der Waals surface area (Å²) in [5.74, 6) is 0.540. The van der Waals surface area contributed by atoms with E-state index in [9.17, 15) is 4.79 Å². The van der Waals surface area contributed by atoms with Gasteiger partial charge in [-0.15, -0.1) is 0 Å². The summed E-state index contributed by atoms with van der Waals surface area (Å²) in [5.41, 5.74) is 0. The molecule has 0 atom stereocenters. The molecule has 0 spiro atoms.